The Balaban J connectivity index is 1.83. The summed E-state index contributed by atoms with van der Waals surface area (Å²) in [6.45, 7) is 7.78. The maximum absolute atomic E-state index is 12.7. The molecule has 5 nitrogen and oxygen atoms in total. The monoisotopic (exact) mass is 376 g/mol. The number of hydrogen-bond donors (Lipinski definition) is 1. The van der Waals surface area contributed by atoms with Gasteiger partial charge in [-0.15, -0.1) is 11.3 Å². The van der Waals surface area contributed by atoms with Crippen molar-refractivity contribution >= 4 is 21.4 Å². The third-order valence-corrected chi connectivity index (χ3v) is 6.84. The highest BCUT2D eigenvalue weighted by Crippen LogP contribution is 2.28. The Morgan fingerprint density at radius 1 is 1.12 bits per heavy atom. The molecule has 0 aliphatic rings. The highest BCUT2D eigenvalue weighted by Gasteiger charge is 2.19. The number of furan rings is 1. The minimum atomic E-state index is -3.58. The maximum Gasteiger partial charge on any atom is 0.241 e. The molecule has 7 heteroatoms. The van der Waals surface area contributed by atoms with Crippen LogP contribution >= 0.6 is 11.3 Å². The molecule has 132 valence electrons. The molecule has 1 N–H and O–H groups in total. The average Bonchev–Trinajstić information content (AvgIpc) is 3.18. The van der Waals surface area contributed by atoms with Crippen molar-refractivity contribution in [2.75, 3.05) is 0 Å². The highest BCUT2D eigenvalue weighted by molar-refractivity contribution is 7.89. The van der Waals surface area contributed by atoms with Crippen LogP contribution in [0.4, 0.5) is 0 Å². The Labute approximate surface area is 151 Å². The molecular formula is C18H20N2O3S2. The summed E-state index contributed by atoms with van der Waals surface area (Å²) in [5, 5.41) is 0.749. The number of nitrogens with one attached hydrogen (secondary N) is 1. The SMILES string of the molecule is Cc1cc(C)c(S(=O)(=O)NCc2sc(-c3ccco3)nc2C)cc1C. The van der Waals surface area contributed by atoms with Crippen LogP contribution in [0.15, 0.2) is 39.8 Å². The molecule has 0 spiro atoms. The molecule has 3 aromatic rings. The molecular weight excluding hydrogens is 356 g/mol. The van der Waals surface area contributed by atoms with Crippen LogP contribution in [-0.2, 0) is 16.6 Å². The lowest BCUT2D eigenvalue weighted by atomic mass is 10.1. The van der Waals surface area contributed by atoms with E-state index in [-0.39, 0.29) is 6.54 Å². The number of thiazole rings is 1. The molecule has 0 radical (unpaired) electrons. The molecule has 3 rings (SSSR count). The molecule has 0 fully saturated rings. The minimum Gasteiger partial charge on any atom is -0.462 e. The van der Waals surface area contributed by atoms with Crippen molar-refractivity contribution in [1.29, 1.82) is 0 Å². The van der Waals surface area contributed by atoms with Gasteiger partial charge >= 0.3 is 0 Å². The first-order valence-electron chi connectivity index (χ1n) is 7.85. The van der Waals surface area contributed by atoms with E-state index < -0.39 is 10.0 Å². The fourth-order valence-electron chi connectivity index (χ4n) is 2.56. The second-order valence-corrected chi connectivity index (χ2v) is 8.85. The van der Waals surface area contributed by atoms with Crippen LogP contribution < -0.4 is 4.72 Å². The topological polar surface area (TPSA) is 72.2 Å². The van der Waals surface area contributed by atoms with Gasteiger partial charge in [-0.05, 0) is 62.6 Å². The molecule has 0 amide bonds. The van der Waals surface area contributed by atoms with E-state index >= 15 is 0 Å². The van der Waals surface area contributed by atoms with E-state index in [4.69, 9.17) is 4.42 Å². The van der Waals surface area contributed by atoms with Gasteiger partial charge < -0.3 is 4.42 Å². The van der Waals surface area contributed by atoms with E-state index in [1.807, 2.05) is 39.8 Å². The molecule has 0 unspecified atom stereocenters. The molecule has 0 atom stereocenters. The number of aromatic nitrogens is 1. The zero-order valence-corrected chi connectivity index (χ0v) is 16.2. The van der Waals surface area contributed by atoms with Crippen LogP contribution in [0.1, 0.15) is 27.3 Å². The van der Waals surface area contributed by atoms with Crippen LogP contribution in [0, 0.1) is 27.7 Å². The van der Waals surface area contributed by atoms with Crippen molar-refractivity contribution < 1.29 is 12.8 Å². The fraction of sp³-hybridized carbons (Fsp3) is 0.278. The smallest absolute Gasteiger partial charge is 0.241 e. The van der Waals surface area contributed by atoms with Crippen molar-refractivity contribution in [3.05, 3.63) is 57.8 Å². The lowest BCUT2D eigenvalue weighted by Gasteiger charge is -2.11. The molecule has 25 heavy (non-hydrogen) atoms. The van der Waals surface area contributed by atoms with E-state index in [0.717, 1.165) is 32.3 Å². The van der Waals surface area contributed by atoms with Gasteiger partial charge in [0, 0.05) is 11.4 Å². The summed E-state index contributed by atoms with van der Waals surface area (Å²) in [6, 6.07) is 7.26. The molecule has 2 aromatic heterocycles. The Morgan fingerprint density at radius 3 is 2.52 bits per heavy atom. The second-order valence-electron chi connectivity index (χ2n) is 6.03. The largest absolute Gasteiger partial charge is 0.462 e. The summed E-state index contributed by atoms with van der Waals surface area (Å²) in [7, 11) is -3.58. The van der Waals surface area contributed by atoms with Crippen molar-refractivity contribution in [3.8, 4) is 10.8 Å². The van der Waals surface area contributed by atoms with Gasteiger partial charge in [-0.1, -0.05) is 6.07 Å². The summed E-state index contributed by atoms with van der Waals surface area (Å²) in [5.74, 6) is 0.687. The fourth-order valence-corrected chi connectivity index (χ4v) is 4.93. The zero-order chi connectivity index (χ0) is 18.2. The predicted molar refractivity (Wildman–Crippen MR) is 99.2 cm³/mol. The maximum atomic E-state index is 12.7. The van der Waals surface area contributed by atoms with E-state index in [1.54, 1.807) is 18.4 Å². The summed E-state index contributed by atoms with van der Waals surface area (Å²) in [6.07, 6.45) is 1.59. The number of aryl methyl sites for hydroxylation is 4. The van der Waals surface area contributed by atoms with Crippen LogP contribution in [0.5, 0.6) is 0 Å². The Kier molecular flexibility index (Phi) is 4.81. The van der Waals surface area contributed by atoms with E-state index in [1.165, 1.54) is 11.3 Å². The third-order valence-electron chi connectivity index (χ3n) is 4.13. The first-order valence-corrected chi connectivity index (χ1v) is 10.2. The lowest BCUT2D eigenvalue weighted by Crippen LogP contribution is -2.24. The quantitative estimate of drug-likeness (QED) is 0.727. The van der Waals surface area contributed by atoms with Gasteiger partial charge in [-0.25, -0.2) is 18.1 Å². The van der Waals surface area contributed by atoms with E-state index in [9.17, 15) is 8.42 Å². The normalized spacial score (nSPS) is 11.8. The average molecular weight is 377 g/mol. The Hall–Kier alpha value is -1.96. The number of hydrogen-bond acceptors (Lipinski definition) is 5. The zero-order valence-electron chi connectivity index (χ0n) is 14.6. The molecule has 0 bridgehead atoms. The lowest BCUT2D eigenvalue weighted by molar-refractivity contribution is 0.580. The van der Waals surface area contributed by atoms with Gasteiger partial charge in [-0.2, -0.15) is 0 Å². The van der Waals surface area contributed by atoms with Crippen molar-refractivity contribution in [3.63, 3.8) is 0 Å². The van der Waals surface area contributed by atoms with Crippen LogP contribution in [-0.4, -0.2) is 13.4 Å². The van der Waals surface area contributed by atoms with Gasteiger partial charge in [0.05, 0.1) is 16.9 Å². The second kappa shape index (κ2) is 6.74. The van der Waals surface area contributed by atoms with Crippen molar-refractivity contribution in [2.24, 2.45) is 0 Å². The number of sulfonamides is 1. The van der Waals surface area contributed by atoms with Gasteiger partial charge in [0.2, 0.25) is 10.0 Å². The van der Waals surface area contributed by atoms with E-state index in [2.05, 4.69) is 9.71 Å². The third kappa shape index (κ3) is 3.68. The molecule has 0 saturated heterocycles. The van der Waals surface area contributed by atoms with Crippen LogP contribution in [0.25, 0.3) is 10.8 Å². The number of nitrogens with zero attached hydrogens (tertiary/aromatic N) is 1. The predicted octanol–water partition coefficient (Wildman–Crippen LogP) is 4.12. The van der Waals surface area contributed by atoms with Gasteiger partial charge in [0.25, 0.3) is 0 Å². The summed E-state index contributed by atoms with van der Waals surface area (Å²) in [5.41, 5.74) is 3.58. The summed E-state index contributed by atoms with van der Waals surface area (Å²) in [4.78, 5) is 5.65. The van der Waals surface area contributed by atoms with Crippen molar-refractivity contribution in [1.82, 2.24) is 9.71 Å². The minimum absolute atomic E-state index is 0.207. The van der Waals surface area contributed by atoms with E-state index in [0.29, 0.717) is 10.7 Å². The first kappa shape index (κ1) is 17.8. The van der Waals surface area contributed by atoms with Crippen LogP contribution in [0.3, 0.4) is 0 Å². The van der Waals surface area contributed by atoms with Crippen molar-refractivity contribution in [2.45, 2.75) is 39.1 Å². The summed E-state index contributed by atoms with van der Waals surface area (Å²) < 4.78 is 33.4. The molecule has 0 saturated carbocycles. The number of benzene rings is 1. The molecule has 0 aliphatic carbocycles. The molecule has 0 aliphatic heterocycles. The van der Waals surface area contributed by atoms with Crippen LogP contribution in [0.2, 0.25) is 0 Å². The Bertz CT molecular complexity index is 1000. The highest BCUT2D eigenvalue weighted by atomic mass is 32.2. The molecule has 2 heterocycles. The van der Waals surface area contributed by atoms with Gasteiger partial charge in [0.15, 0.2) is 10.8 Å². The molecule has 1 aromatic carbocycles. The van der Waals surface area contributed by atoms with Gasteiger partial charge in [-0.3, -0.25) is 0 Å². The van der Waals surface area contributed by atoms with Gasteiger partial charge in [0.1, 0.15) is 0 Å². The first-order chi connectivity index (χ1) is 11.8. The number of rotatable bonds is 5. The Morgan fingerprint density at radius 2 is 1.84 bits per heavy atom. The standard InChI is InChI=1S/C18H20N2O3S2/c1-11-8-13(3)17(9-12(11)2)25(21,22)19-10-16-14(4)20-18(24-16)15-6-5-7-23-15/h5-9,19H,10H2,1-4H3. The summed E-state index contributed by atoms with van der Waals surface area (Å²) >= 11 is 1.43.